The van der Waals surface area contributed by atoms with Gasteiger partial charge in [0.2, 0.25) is 0 Å². The van der Waals surface area contributed by atoms with Gasteiger partial charge in [-0.25, -0.2) is 0 Å². The standard InChI is InChI=1S/C13H27NOP/c1-10(2)9-16(15)13-8-6-7-12(13)11(3)14(4)5/h10-13H,6-9H2,1-5H3/q+1/t11-,12?,13?/m0/s1. The van der Waals surface area contributed by atoms with Crippen LogP contribution in [-0.2, 0) is 4.57 Å². The van der Waals surface area contributed by atoms with Crippen LogP contribution in [0, 0.1) is 11.8 Å². The number of nitrogens with zero attached hydrogens (tertiary/aromatic N) is 1. The summed E-state index contributed by atoms with van der Waals surface area (Å²) < 4.78 is 12.3. The van der Waals surface area contributed by atoms with Crippen molar-refractivity contribution in [3.63, 3.8) is 0 Å². The third-order valence-electron chi connectivity index (χ3n) is 3.88. The molecular formula is C13H27NOP+. The third kappa shape index (κ3) is 3.53. The second-order valence-corrected chi connectivity index (χ2v) is 7.72. The second-order valence-electron chi connectivity index (χ2n) is 5.86. The van der Waals surface area contributed by atoms with Crippen LogP contribution in [0.2, 0.25) is 0 Å². The van der Waals surface area contributed by atoms with Crippen molar-refractivity contribution < 1.29 is 4.57 Å². The maximum absolute atomic E-state index is 12.3. The van der Waals surface area contributed by atoms with Crippen LogP contribution >= 0.6 is 7.80 Å². The van der Waals surface area contributed by atoms with E-state index in [2.05, 4.69) is 39.8 Å². The van der Waals surface area contributed by atoms with Crippen molar-refractivity contribution in [3.8, 4) is 0 Å². The molecule has 0 aliphatic heterocycles. The van der Waals surface area contributed by atoms with Crippen LogP contribution in [0.15, 0.2) is 0 Å². The minimum Gasteiger partial charge on any atom is -0.306 e. The van der Waals surface area contributed by atoms with E-state index in [9.17, 15) is 4.57 Å². The molecule has 94 valence electrons. The van der Waals surface area contributed by atoms with E-state index in [1.807, 2.05) is 0 Å². The van der Waals surface area contributed by atoms with Crippen molar-refractivity contribution in [2.75, 3.05) is 20.3 Å². The Labute approximate surface area is 102 Å². The highest BCUT2D eigenvalue weighted by molar-refractivity contribution is 7.45. The normalized spacial score (nSPS) is 28.8. The highest BCUT2D eigenvalue weighted by Crippen LogP contribution is 2.46. The van der Waals surface area contributed by atoms with E-state index in [1.54, 1.807) is 0 Å². The zero-order chi connectivity index (χ0) is 12.3. The Kier molecular flexibility index (Phi) is 5.40. The van der Waals surface area contributed by atoms with Crippen molar-refractivity contribution in [1.29, 1.82) is 0 Å². The number of hydrogen-bond donors (Lipinski definition) is 0. The summed E-state index contributed by atoms with van der Waals surface area (Å²) >= 11 is 0. The largest absolute Gasteiger partial charge is 0.342 e. The summed E-state index contributed by atoms with van der Waals surface area (Å²) in [6, 6.07) is 0.568. The monoisotopic (exact) mass is 244 g/mol. The second kappa shape index (κ2) is 6.12. The van der Waals surface area contributed by atoms with Gasteiger partial charge in [-0.05, 0) is 46.2 Å². The Morgan fingerprint density at radius 2 is 1.88 bits per heavy atom. The van der Waals surface area contributed by atoms with Gasteiger partial charge < -0.3 is 4.90 Å². The molecule has 0 spiro atoms. The molecule has 16 heavy (non-hydrogen) atoms. The highest BCUT2D eigenvalue weighted by atomic mass is 31.1. The molecule has 0 aromatic carbocycles. The van der Waals surface area contributed by atoms with Gasteiger partial charge in [-0.1, -0.05) is 18.4 Å². The molecule has 3 unspecified atom stereocenters. The summed E-state index contributed by atoms with van der Waals surface area (Å²) in [5.41, 5.74) is 0.481. The van der Waals surface area contributed by atoms with Crippen LogP contribution in [0.5, 0.6) is 0 Å². The van der Waals surface area contributed by atoms with Crippen LogP contribution in [0.3, 0.4) is 0 Å². The summed E-state index contributed by atoms with van der Waals surface area (Å²) in [6.45, 7) is 6.63. The van der Waals surface area contributed by atoms with E-state index in [0.717, 1.165) is 6.16 Å². The van der Waals surface area contributed by atoms with E-state index in [1.165, 1.54) is 19.3 Å². The van der Waals surface area contributed by atoms with Crippen molar-refractivity contribution in [3.05, 3.63) is 0 Å². The molecule has 1 rings (SSSR count). The Hall–Kier alpha value is 0.0600. The van der Waals surface area contributed by atoms with Gasteiger partial charge in [-0.2, -0.15) is 0 Å². The van der Waals surface area contributed by atoms with Gasteiger partial charge in [-0.15, -0.1) is 0 Å². The quantitative estimate of drug-likeness (QED) is 0.689. The summed E-state index contributed by atoms with van der Waals surface area (Å²) in [7, 11) is 3.27. The minimum atomic E-state index is -0.994. The smallest absolute Gasteiger partial charge is 0.306 e. The first-order chi connectivity index (χ1) is 7.43. The first-order valence-electron chi connectivity index (χ1n) is 6.53. The van der Waals surface area contributed by atoms with Gasteiger partial charge in [-0.3, -0.25) is 0 Å². The summed E-state index contributed by atoms with van der Waals surface area (Å²) in [6.07, 6.45) is 4.64. The Morgan fingerprint density at radius 3 is 2.38 bits per heavy atom. The van der Waals surface area contributed by atoms with Crippen molar-refractivity contribution in [1.82, 2.24) is 4.90 Å². The fourth-order valence-electron chi connectivity index (χ4n) is 2.77. The molecule has 0 aromatic rings. The van der Waals surface area contributed by atoms with Gasteiger partial charge in [0.25, 0.3) is 0 Å². The van der Waals surface area contributed by atoms with E-state index >= 15 is 0 Å². The molecule has 0 radical (unpaired) electrons. The molecule has 0 saturated heterocycles. The molecule has 1 fully saturated rings. The van der Waals surface area contributed by atoms with Crippen molar-refractivity contribution in [2.24, 2.45) is 11.8 Å². The first-order valence-corrected chi connectivity index (χ1v) is 8.05. The molecule has 4 atom stereocenters. The molecule has 1 saturated carbocycles. The molecule has 0 bridgehead atoms. The molecule has 3 heteroatoms. The van der Waals surface area contributed by atoms with E-state index in [-0.39, 0.29) is 0 Å². The predicted octanol–water partition coefficient (Wildman–Crippen LogP) is 3.59. The summed E-state index contributed by atoms with van der Waals surface area (Å²) in [5.74, 6) is 1.22. The van der Waals surface area contributed by atoms with Crippen molar-refractivity contribution >= 4 is 7.80 Å². The van der Waals surface area contributed by atoms with Gasteiger partial charge in [0, 0.05) is 12.0 Å². The average molecular weight is 244 g/mol. The highest BCUT2D eigenvalue weighted by Gasteiger charge is 2.44. The zero-order valence-electron chi connectivity index (χ0n) is 11.4. The molecular weight excluding hydrogens is 217 g/mol. The van der Waals surface area contributed by atoms with Crippen LogP contribution in [0.25, 0.3) is 0 Å². The van der Waals surface area contributed by atoms with Gasteiger partial charge in [0.1, 0.15) is 6.16 Å². The molecule has 0 N–H and O–H groups in total. The van der Waals surface area contributed by atoms with Crippen molar-refractivity contribution in [2.45, 2.75) is 51.7 Å². The van der Waals surface area contributed by atoms with Gasteiger partial charge >= 0.3 is 7.80 Å². The SMILES string of the molecule is CC(C)C[P+](=O)C1CCCC1[C@H](C)N(C)C. The third-order valence-corrected chi connectivity index (χ3v) is 6.35. The topological polar surface area (TPSA) is 20.3 Å². The lowest BCUT2D eigenvalue weighted by molar-refractivity contribution is 0.231. The lowest BCUT2D eigenvalue weighted by Crippen LogP contribution is -2.35. The Bertz CT molecular complexity index is 240. The van der Waals surface area contributed by atoms with Gasteiger partial charge in [0.15, 0.2) is 5.66 Å². The van der Waals surface area contributed by atoms with E-state index < -0.39 is 7.80 Å². The first kappa shape index (κ1) is 14.1. The Balaban J connectivity index is 2.61. The van der Waals surface area contributed by atoms with E-state index in [4.69, 9.17) is 0 Å². The lowest BCUT2D eigenvalue weighted by atomic mass is 9.99. The molecule has 0 heterocycles. The summed E-state index contributed by atoms with van der Waals surface area (Å²) in [4.78, 5) is 2.28. The zero-order valence-corrected chi connectivity index (χ0v) is 12.3. The minimum absolute atomic E-state index is 0.481. The fourth-order valence-corrected chi connectivity index (χ4v) is 5.05. The average Bonchev–Trinajstić information content (AvgIpc) is 2.63. The summed E-state index contributed by atoms with van der Waals surface area (Å²) in [5, 5.41) is 0. The molecule has 0 amide bonds. The lowest BCUT2D eigenvalue weighted by Gasteiger charge is -2.26. The number of rotatable bonds is 5. The molecule has 1 aliphatic carbocycles. The van der Waals surface area contributed by atoms with Crippen LogP contribution in [0.1, 0.15) is 40.0 Å². The maximum Gasteiger partial charge on any atom is 0.342 e. The van der Waals surface area contributed by atoms with Crippen LogP contribution in [-0.4, -0.2) is 36.9 Å². The Morgan fingerprint density at radius 1 is 1.25 bits per heavy atom. The molecule has 0 aromatic heterocycles. The maximum atomic E-state index is 12.3. The number of hydrogen-bond acceptors (Lipinski definition) is 2. The van der Waals surface area contributed by atoms with Crippen LogP contribution < -0.4 is 0 Å². The molecule has 2 nitrogen and oxygen atoms in total. The van der Waals surface area contributed by atoms with Crippen LogP contribution in [0.4, 0.5) is 0 Å². The van der Waals surface area contributed by atoms with E-state index in [0.29, 0.717) is 23.5 Å². The fraction of sp³-hybridized carbons (Fsp3) is 1.00. The molecule has 1 aliphatic rings. The van der Waals surface area contributed by atoms with Gasteiger partial charge in [0.05, 0.1) is 0 Å². The predicted molar refractivity (Wildman–Crippen MR) is 71.6 cm³/mol.